The molecule has 7 nitrogen and oxygen atoms in total. The summed E-state index contributed by atoms with van der Waals surface area (Å²) in [7, 11) is 0. The lowest BCUT2D eigenvalue weighted by Gasteiger charge is -2.12. The highest BCUT2D eigenvalue weighted by Gasteiger charge is 2.25. The Morgan fingerprint density at radius 1 is 1.17 bits per heavy atom. The van der Waals surface area contributed by atoms with E-state index in [1.807, 2.05) is 31.2 Å². The lowest BCUT2D eigenvalue weighted by atomic mass is 10.1. The van der Waals surface area contributed by atoms with E-state index in [0.29, 0.717) is 18.8 Å². The molecule has 0 spiro atoms. The van der Waals surface area contributed by atoms with E-state index in [0.717, 1.165) is 24.0 Å². The van der Waals surface area contributed by atoms with Gasteiger partial charge in [0.15, 0.2) is 11.2 Å². The van der Waals surface area contributed by atoms with Gasteiger partial charge < -0.3 is 9.88 Å². The molecule has 4 rings (SSSR count). The van der Waals surface area contributed by atoms with Crippen molar-refractivity contribution in [1.29, 1.82) is 0 Å². The van der Waals surface area contributed by atoms with Crippen LogP contribution >= 0.6 is 0 Å². The zero-order chi connectivity index (χ0) is 16.7. The van der Waals surface area contributed by atoms with Gasteiger partial charge in [0, 0.05) is 13.1 Å². The van der Waals surface area contributed by atoms with E-state index in [2.05, 4.69) is 15.3 Å². The van der Waals surface area contributed by atoms with Crippen LogP contribution in [0.4, 0.5) is 0 Å². The number of aryl methyl sites for hydroxylation is 1. The number of carbonyl (C=O) groups excluding carboxylic acids is 1. The molecule has 122 valence electrons. The molecule has 1 amide bonds. The SMILES string of the molecule is Cc1ccc(-c2cn3nnc(C(=O)N4CCCC4)c3c(=O)[nH]2)cc1. The molecule has 0 atom stereocenters. The van der Waals surface area contributed by atoms with Crippen molar-refractivity contribution in [1.82, 2.24) is 24.7 Å². The standard InChI is InChI=1S/C17H17N5O2/c1-11-4-6-12(7-5-11)13-10-22-15(16(23)18-13)14(19-20-22)17(24)21-8-2-3-9-21/h4-7,10H,2-3,8-9H2,1H3,(H,18,23). The number of H-pyrrole nitrogens is 1. The monoisotopic (exact) mass is 323 g/mol. The summed E-state index contributed by atoms with van der Waals surface area (Å²) < 4.78 is 1.39. The van der Waals surface area contributed by atoms with Crippen LogP contribution in [0.1, 0.15) is 28.9 Å². The summed E-state index contributed by atoms with van der Waals surface area (Å²) in [6.45, 7) is 3.41. The smallest absolute Gasteiger partial charge is 0.276 e. The number of fused-ring (bicyclic) bond motifs is 1. The second-order valence-corrected chi connectivity index (χ2v) is 6.09. The molecule has 2 aromatic heterocycles. The molecule has 1 saturated heterocycles. The Kier molecular flexibility index (Phi) is 3.41. The lowest BCUT2D eigenvalue weighted by molar-refractivity contribution is 0.0789. The van der Waals surface area contributed by atoms with Crippen molar-refractivity contribution in [2.24, 2.45) is 0 Å². The summed E-state index contributed by atoms with van der Waals surface area (Å²) >= 11 is 0. The molecule has 3 aromatic rings. The third kappa shape index (κ3) is 2.38. The van der Waals surface area contributed by atoms with Crippen molar-refractivity contribution in [3.05, 3.63) is 52.1 Å². The average Bonchev–Trinajstić information content (AvgIpc) is 3.25. The molecular weight excluding hydrogens is 306 g/mol. The fraction of sp³-hybridized carbons (Fsp3) is 0.294. The number of hydrogen-bond acceptors (Lipinski definition) is 4. The van der Waals surface area contributed by atoms with Gasteiger partial charge in [0.2, 0.25) is 0 Å². The molecule has 24 heavy (non-hydrogen) atoms. The number of hydrogen-bond donors (Lipinski definition) is 1. The predicted molar refractivity (Wildman–Crippen MR) is 88.9 cm³/mol. The van der Waals surface area contributed by atoms with E-state index in [1.54, 1.807) is 11.1 Å². The number of aromatic amines is 1. The summed E-state index contributed by atoms with van der Waals surface area (Å²) in [5.74, 6) is -0.226. The van der Waals surface area contributed by atoms with E-state index < -0.39 is 0 Å². The lowest BCUT2D eigenvalue weighted by Crippen LogP contribution is -2.29. The first-order valence-electron chi connectivity index (χ1n) is 7.98. The number of rotatable bonds is 2. The van der Waals surface area contributed by atoms with Gasteiger partial charge in [-0.05, 0) is 25.3 Å². The van der Waals surface area contributed by atoms with Crippen LogP contribution in [0, 0.1) is 6.92 Å². The van der Waals surface area contributed by atoms with E-state index in [-0.39, 0.29) is 22.7 Å². The van der Waals surface area contributed by atoms with Gasteiger partial charge in [0.25, 0.3) is 11.5 Å². The molecule has 3 heterocycles. The Bertz CT molecular complexity index is 965. The normalized spacial score (nSPS) is 14.5. The number of benzene rings is 1. The maximum absolute atomic E-state index is 12.5. The molecule has 0 saturated carbocycles. The van der Waals surface area contributed by atoms with Gasteiger partial charge in [-0.3, -0.25) is 9.59 Å². The molecule has 1 aliphatic heterocycles. The number of carbonyl (C=O) groups is 1. The molecular formula is C17H17N5O2. The summed E-state index contributed by atoms with van der Waals surface area (Å²) in [5, 5.41) is 7.93. The fourth-order valence-corrected chi connectivity index (χ4v) is 3.03. The van der Waals surface area contributed by atoms with Crippen molar-refractivity contribution in [3.63, 3.8) is 0 Å². The van der Waals surface area contributed by atoms with Crippen molar-refractivity contribution >= 4 is 11.4 Å². The number of nitrogens with one attached hydrogen (secondary N) is 1. The predicted octanol–water partition coefficient (Wildman–Crippen LogP) is 1.63. The van der Waals surface area contributed by atoms with Crippen molar-refractivity contribution in [2.75, 3.05) is 13.1 Å². The van der Waals surface area contributed by atoms with E-state index in [1.165, 1.54) is 4.52 Å². The number of likely N-dealkylation sites (tertiary alicyclic amines) is 1. The van der Waals surface area contributed by atoms with Crippen LogP contribution in [0.3, 0.4) is 0 Å². The van der Waals surface area contributed by atoms with Crippen LogP contribution in [-0.2, 0) is 0 Å². The van der Waals surface area contributed by atoms with Crippen LogP contribution in [0.2, 0.25) is 0 Å². The molecule has 1 fully saturated rings. The average molecular weight is 323 g/mol. The maximum Gasteiger partial charge on any atom is 0.276 e. The van der Waals surface area contributed by atoms with Gasteiger partial charge in [-0.15, -0.1) is 5.10 Å². The zero-order valence-electron chi connectivity index (χ0n) is 13.3. The van der Waals surface area contributed by atoms with Crippen LogP contribution in [0.25, 0.3) is 16.8 Å². The Balaban J connectivity index is 1.79. The fourth-order valence-electron chi connectivity index (χ4n) is 3.03. The number of amides is 1. The first kappa shape index (κ1) is 14.6. The summed E-state index contributed by atoms with van der Waals surface area (Å²) in [6, 6.07) is 7.81. The zero-order valence-corrected chi connectivity index (χ0v) is 13.3. The first-order chi connectivity index (χ1) is 11.6. The molecule has 1 aromatic carbocycles. The van der Waals surface area contributed by atoms with Crippen LogP contribution in [0.5, 0.6) is 0 Å². The maximum atomic E-state index is 12.5. The van der Waals surface area contributed by atoms with E-state index >= 15 is 0 Å². The van der Waals surface area contributed by atoms with Crippen LogP contribution in [0.15, 0.2) is 35.3 Å². The van der Waals surface area contributed by atoms with Crippen LogP contribution in [-0.4, -0.2) is 43.7 Å². The Labute approximate surface area is 137 Å². The van der Waals surface area contributed by atoms with Gasteiger partial charge in [-0.25, -0.2) is 4.52 Å². The molecule has 7 heteroatoms. The van der Waals surface area contributed by atoms with E-state index in [9.17, 15) is 9.59 Å². The summed E-state index contributed by atoms with van der Waals surface area (Å²) in [5.41, 5.74) is 2.61. The van der Waals surface area contributed by atoms with Gasteiger partial charge in [-0.1, -0.05) is 35.0 Å². The molecule has 0 unspecified atom stereocenters. The third-order valence-corrected chi connectivity index (χ3v) is 4.37. The first-order valence-corrected chi connectivity index (χ1v) is 7.98. The largest absolute Gasteiger partial charge is 0.337 e. The minimum absolute atomic E-state index is 0.119. The van der Waals surface area contributed by atoms with Gasteiger partial charge in [0.05, 0.1) is 11.9 Å². The quantitative estimate of drug-likeness (QED) is 0.777. The highest BCUT2D eigenvalue weighted by molar-refractivity contribution is 5.98. The van der Waals surface area contributed by atoms with Gasteiger partial charge >= 0.3 is 0 Å². The van der Waals surface area contributed by atoms with Crippen LogP contribution < -0.4 is 5.56 Å². The van der Waals surface area contributed by atoms with Crippen molar-refractivity contribution < 1.29 is 4.79 Å². The van der Waals surface area contributed by atoms with Crippen molar-refractivity contribution in [3.8, 4) is 11.3 Å². The second kappa shape index (κ2) is 5.59. The summed E-state index contributed by atoms with van der Waals surface area (Å²) in [4.78, 5) is 29.6. The van der Waals surface area contributed by atoms with Gasteiger partial charge in [-0.2, -0.15) is 0 Å². The van der Waals surface area contributed by atoms with E-state index in [4.69, 9.17) is 0 Å². The Hall–Kier alpha value is -2.96. The highest BCUT2D eigenvalue weighted by atomic mass is 16.2. The Morgan fingerprint density at radius 2 is 1.88 bits per heavy atom. The highest BCUT2D eigenvalue weighted by Crippen LogP contribution is 2.18. The van der Waals surface area contributed by atoms with Gasteiger partial charge in [0.1, 0.15) is 0 Å². The minimum atomic E-state index is -0.361. The topological polar surface area (TPSA) is 83.4 Å². The second-order valence-electron chi connectivity index (χ2n) is 6.09. The molecule has 1 aliphatic rings. The Morgan fingerprint density at radius 3 is 2.58 bits per heavy atom. The number of aromatic nitrogens is 4. The third-order valence-electron chi connectivity index (χ3n) is 4.37. The molecule has 1 N–H and O–H groups in total. The molecule has 0 bridgehead atoms. The summed E-state index contributed by atoms with van der Waals surface area (Å²) in [6.07, 6.45) is 3.66. The minimum Gasteiger partial charge on any atom is -0.337 e. The molecule has 0 radical (unpaired) electrons. The van der Waals surface area contributed by atoms with Crippen molar-refractivity contribution in [2.45, 2.75) is 19.8 Å². The molecule has 0 aliphatic carbocycles. The number of nitrogens with zero attached hydrogens (tertiary/aromatic N) is 4.